The van der Waals surface area contributed by atoms with Gasteiger partial charge in [0, 0.05) is 17.7 Å². The second-order valence-electron chi connectivity index (χ2n) is 5.54. The number of ether oxygens (including phenoxy) is 2. The molecule has 0 atom stereocenters. The fraction of sp³-hybridized carbons (Fsp3) is 0.412. The number of aromatic nitrogens is 1. The van der Waals surface area contributed by atoms with Crippen LogP contribution in [0.1, 0.15) is 42.3 Å². The Morgan fingerprint density at radius 1 is 1.35 bits per heavy atom. The Balaban J connectivity index is 1.67. The van der Waals surface area contributed by atoms with Crippen molar-refractivity contribution >= 4 is 22.4 Å². The van der Waals surface area contributed by atoms with E-state index in [1.165, 1.54) is 11.3 Å². The summed E-state index contributed by atoms with van der Waals surface area (Å²) < 4.78 is 10.7. The molecular formula is C17H20N2O3S. The fourth-order valence-corrected chi connectivity index (χ4v) is 3.41. The van der Waals surface area contributed by atoms with Crippen molar-refractivity contribution in [3.05, 3.63) is 34.3 Å². The number of benzene rings is 1. The van der Waals surface area contributed by atoms with Gasteiger partial charge in [0.25, 0.3) is 0 Å². The van der Waals surface area contributed by atoms with Crippen LogP contribution in [-0.4, -0.2) is 17.7 Å². The van der Waals surface area contributed by atoms with Crippen molar-refractivity contribution in [2.45, 2.75) is 39.5 Å². The molecule has 1 N–H and O–H groups in total. The molecule has 1 aromatic carbocycles. The van der Waals surface area contributed by atoms with Crippen LogP contribution in [0.3, 0.4) is 0 Å². The zero-order valence-electron chi connectivity index (χ0n) is 13.3. The standard InChI is InChI=1S/C17H20N2O3S/c1-3-4-5-16(20)19-17-18-11(2)15(23-17)9-12-6-7-13-14(8-12)22-10-21-13/h6-8H,3-5,9-10H2,1-2H3,(H,18,19,20). The van der Waals surface area contributed by atoms with Crippen LogP contribution in [0.5, 0.6) is 11.5 Å². The van der Waals surface area contributed by atoms with E-state index in [4.69, 9.17) is 9.47 Å². The van der Waals surface area contributed by atoms with Crippen molar-refractivity contribution < 1.29 is 14.3 Å². The predicted molar refractivity (Wildman–Crippen MR) is 90.4 cm³/mol. The quantitative estimate of drug-likeness (QED) is 0.871. The Kier molecular flexibility index (Phi) is 4.81. The highest BCUT2D eigenvalue weighted by atomic mass is 32.1. The van der Waals surface area contributed by atoms with E-state index in [2.05, 4.69) is 17.2 Å². The molecule has 0 bridgehead atoms. The third-order valence-electron chi connectivity index (χ3n) is 3.70. The average molecular weight is 332 g/mol. The van der Waals surface area contributed by atoms with Gasteiger partial charge in [0.2, 0.25) is 12.7 Å². The first-order valence-electron chi connectivity index (χ1n) is 7.80. The predicted octanol–water partition coefficient (Wildman–Crippen LogP) is 3.90. The van der Waals surface area contributed by atoms with Gasteiger partial charge in [-0.3, -0.25) is 4.79 Å². The smallest absolute Gasteiger partial charge is 0.231 e. The topological polar surface area (TPSA) is 60.5 Å². The first-order chi connectivity index (χ1) is 11.2. The highest BCUT2D eigenvalue weighted by Crippen LogP contribution is 2.34. The van der Waals surface area contributed by atoms with E-state index in [-0.39, 0.29) is 12.7 Å². The molecule has 2 aromatic rings. The summed E-state index contributed by atoms with van der Waals surface area (Å²) in [5.74, 6) is 1.62. The molecule has 6 heteroatoms. The third kappa shape index (κ3) is 3.82. The van der Waals surface area contributed by atoms with Crippen molar-refractivity contribution in [3.8, 4) is 11.5 Å². The minimum absolute atomic E-state index is 0.0372. The molecule has 0 unspecified atom stereocenters. The second-order valence-corrected chi connectivity index (χ2v) is 6.63. The lowest BCUT2D eigenvalue weighted by Gasteiger charge is -2.02. The average Bonchev–Trinajstić information content (AvgIpc) is 3.12. The van der Waals surface area contributed by atoms with E-state index >= 15 is 0 Å². The van der Waals surface area contributed by atoms with E-state index in [0.717, 1.165) is 46.9 Å². The van der Waals surface area contributed by atoms with Crippen LogP contribution >= 0.6 is 11.3 Å². The van der Waals surface area contributed by atoms with Crippen LogP contribution in [-0.2, 0) is 11.2 Å². The molecule has 1 amide bonds. The summed E-state index contributed by atoms with van der Waals surface area (Å²) in [5, 5.41) is 3.57. The molecule has 0 spiro atoms. The number of nitrogens with one attached hydrogen (secondary N) is 1. The zero-order chi connectivity index (χ0) is 16.2. The van der Waals surface area contributed by atoms with E-state index in [1.54, 1.807) is 0 Å². The molecule has 0 radical (unpaired) electrons. The number of carbonyl (C=O) groups is 1. The minimum atomic E-state index is 0.0372. The van der Waals surface area contributed by atoms with Crippen LogP contribution in [0.2, 0.25) is 0 Å². The van der Waals surface area contributed by atoms with Gasteiger partial charge in [-0.2, -0.15) is 0 Å². The van der Waals surface area contributed by atoms with E-state index in [0.29, 0.717) is 11.6 Å². The van der Waals surface area contributed by atoms with E-state index in [9.17, 15) is 4.79 Å². The van der Waals surface area contributed by atoms with Crippen molar-refractivity contribution in [1.29, 1.82) is 0 Å². The first kappa shape index (κ1) is 15.8. The van der Waals surface area contributed by atoms with E-state index in [1.807, 2.05) is 25.1 Å². The Hall–Kier alpha value is -2.08. The van der Waals surface area contributed by atoms with Crippen molar-refractivity contribution in [3.63, 3.8) is 0 Å². The molecule has 5 nitrogen and oxygen atoms in total. The Bertz CT molecular complexity index is 712. The number of amides is 1. The number of rotatable bonds is 6. The molecule has 0 saturated heterocycles. The van der Waals surface area contributed by atoms with E-state index < -0.39 is 0 Å². The summed E-state index contributed by atoms with van der Waals surface area (Å²) in [6.45, 7) is 4.33. The second kappa shape index (κ2) is 7.00. The van der Waals surface area contributed by atoms with Gasteiger partial charge in [-0.1, -0.05) is 19.4 Å². The van der Waals surface area contributed by atoms with Crippen LogP contribution in [0, 0.1) is 6.92 Å². The maximum absolute atomic E-state index is 11.8. The maximum Gasteiger partial charge on any atom is 0.231 e. The molecule has 0 fully saturated rings. The lowest BCUT2D eigenvalue weighted by Crippen LogP contribution is -2.10. The summed E-state index contributed by atoms with van der Waals surface area (Å²) in [6, 6.07) is 5.97. The first-order valence-corrected chi connectivity index (χ1v) is 8.62. The number of aryl methyl sites for hydroxylation is 1. The van der Waals surface area contributed by atoms with Crippen LogP contribution < -0.4 is 14.8 Å². The van der Waals surface area contributed by atoms with Gasteiger partial charge in [-0.15, -0.1) is 11.3 Å². The molecule has 1 aliphatic rings. The number of thiazole rings is 1. The molecule has 23 heavy (non-hydrogen) atoms. The largest absolute Gasteiger partial charge is 0.454 e. The van der Waals surface area contributed by atoms with Crippen LogP contribution in [0.25, 0.3) is 0 Å². The number of carbonyl (C=O) groups excluding carboxylic acids is 1. The molecule has 122 valence electrons. The zero-order valence-corrected chi connectivity index (χ0v) is 14.2. The SMILES string of the molecule is CCCCC(=O)Nc1nc(C)c(Cc2ccc3c(c2)OCO3)s1. The van der Waals surface area contributed by atoms with Gasteiger partial charge in [0.15, 0.2) is 16.6 Å². The maximum atomic E-state index is 11.8. The molecule has 3 rings (SSSR count). The highest BCUT2D eigenvalue weighted by Gasteiger charge is 2.15. The molecule has 0 aliphatic carbocycles. The molecule has 2 heterocycles. The van der Waals surface area contributed by atoms with Gasteiger partial charge >= 0.3 is 0 Å². The minimum Gasteiger partial charge on any atom is -0.454 e. The summed E-state index contributed by atoms with van der Waals surface area (Å²) in [7, 11) is 0. The van der Waals surface area contributed by atoms with Crippen LogP contribution in [0.15, 0.2) is 18.2 Å². The van der Waals surface area contributed by atoms with Crippen LogP contribution in [0.4, 0.5) is 5.13 Å². The number of hydrogen-bond donors (Lipinski definition) is 1. The molecule has 1 aliphatic heterocycles. The number of hydrogen-bond acceptors (Lipinski definition) is 5. The van der Waals surface area contributed by atoms with Gasteiger partial charge in [0.05, 0.1) is 5.69 Å². The fourth-order valence-electron chi connectivity index (χ4n) is 2.40. The normalized spacial score (nSPS) is 12.4. The number of anilines is 1. The van der Waals surface area contributed by atoms with Crippen molar-refractivity contribution in [2.24, 2.45) is 0 Å². The monoisotopic (exact) mass is 332 g/mol. The summed E-state index contributed by atoms with van der Waals surface area (Å²) in [6.07, 6.45) is 3.23. The molecule has 1 aromatic heterocycles. The molecular weight excluding hydrogens is 312 g/mol. The van der Waals surface area contributed by atoms with Gasteiger partial charge in [0.1, 0.15) is 0 Å². The summed E-state index contributed by atoms with van der Waals surface area (Å²) >= 11 is 1.53. The number of fused-ring (bicyclic) bond motifs is 1. The summed E-state index contributed by atoms with van der Waals surface area (Å²) in [5.41, 5.74) is 2.10. The Morgan fingerprint density at radius 3 is 3.00 bits per heavy atom. The van der Waals surface area contributed by atoms with Gasteiger partial charge < -0.3 is 14.8 Å². The number of nitrogens with zero attached hydrogens (tertiary/aromatic N) is 1. The third-order valence-corrected chi connectivity index (χ3v) is 4.77. The van der Waals surface area contributed by atoms with Crippen molar-refractivity contribution in [1.82, 2.24) is 4.98 Å². The number of unbranched alkanes of at least 4 members (excludes halogenated alkanes) is 1. The Morgan fingerprint density at radius 2 is 2.17 bits per heavy atom. The van der Waals surface area contributed by atoms with Crippen molar-refractivity contribution in [2.75, 3.05) is 12.1 Å². The Labute approximate surface area is 139 Å². The molecule has 0 saturated carbocycles. The highest BCUT2D eigenvalue weighted by molar-refractivity contribution is 7.15. The van der Waals surface area contributed by atoms with Gasteiger partial charge in [-0.05, 0) is 31.0 Å². The lowest BCUT2D eigenvalue weighted by atomic mass is 10.1. The lowest BCUT2D eigenvalue weighted by molar-refractivity contribution is -0.116. The van der Waals surface area contributed by atoms with Gasteiger partial charge in [-0.25, -0.2) is 4.98 Å². The summed E-state index contributed by atoms with van der Waals surface area (Å²) in [4.78, 5) is 17.4.